The van der Waals surface area contributed by atoms with Gasteiger partial charge in [-0.1, -0.05) is 13.8 Å². The first-order valence-corrected chi connectivity index (χ1v) is 5.69. The van der Waals surface area contributed by atoms with Gasteiger partial charge in [0.25, 0.3) is 5.91 Å². The molecule has 96 valence electrons. The molecule has 16 heavy (non-hydrogen) atoms. The zero-order valence-corrected chi connectivity index (χ0v) is 11.0. The lowest BCUT2D eigenvalue weighted by Crippen LogP contribution is -2.54. The second kappa shape index (κ2) is 7.60. The summed E-state index contributed by atoms with van der Waals surface area (Å²) in [6.07, 6.45) is 0. The lowest BCUT2D eigenvalue weighted by Gasteiger charge is -2.34. The normalized spacial score (nSPS) is 13.6. The van der Waals surface area contributed by atoms with Gasteiger partial charge in [0.1, 0.15) is 6.04 Å². The first kappa shape index (κ1) is 15.3. The van der Waals surface area contributed by atoms with Gasteiger partial charge in [0.05, 0.1) is 6.61 Å². The van der Waals surface area contributed by atoms with E-state index in [9.17, 15) is 4.79 Å². The van der Waals surface area contributed by atoms with Crippen molar-refractivity contribution in [3.8, 4) is 0 Å². The molecular formula is C11H25N3O2. The van der Waals surface area contributed by atoms with E-state index in [1.54, 1.807) is 7.11 Å². The summed E-state index contributed by atoms with van der Waals surface area (Å²) in [4.78, 5) is 13.8. The number of carbonyl (C=O) groups is 1. The summed E-state index contributed by atoms with van der Waals surface area (Å²) in [5.74, 6) is 5.49. The third-order valence-electron chi connectivity index (χ3n) is 2.41. The van der Waals surface area contributed by atoms with E-state index in [-0.39, 0.29) is 18.0 Å². The van der Waals surface area contributed by atoms with E-state index < -0.39 is 0 Å². The number of hydrogen-bond donors (Lipinski definition) is 2. The van der Waals surface area contributed by atoms with E-state index in [0.717, 1.165) is 6.54 Å². The molecule has 0 rings (SSSR count). The molecule has 1 unspecified atom stereocenters. The Balaban J connectivity index is 4.71. The summed E-state index contributed by atoms with van der Waals surface area (Å²) in [5.41, 5.74) is 2.20. The zero-order chi connectivity index (χ0) is 12.7. The van der Waals surface area contributed by atoms with Gasteiger partial charge in [-0.05, 0) is 19.8 Å². The first-order chi connectivity index (χ1) is 7.43. The van der Waals surface area contributed by atoms with Gasteiger partial charge < -0.3 is 4.74 Å². The Hall–Kier alpha value is -0.650. The van der Waals surface area contributed by atoms with Crippen molar-refractivity contribution in [2.24, 2.45) is 11.8 Å². The van der Waals surface area contributed by atoms with Gasteiger partial charge in [-0.3, -0.25) is 15.1 Å². The minimum absolute atomic E-state index is 0.198. The molecule has 1 atom stereocenters. The zero-order valence-electron chi connectivity index (χ0n) is 11.0. The number of methoxy groups -OCH3 is 1. The van der Waals surface area contributed by atoms with Crippen LogP contribution in [0.4, 0.5) is 0 Å². The van der Waals surface area contributed by atoms with Gasteiger partial charge in [-0.25, -0.2) is 5.84 Å². The van der Waals surface area contributed by atoms with E-state index in [2.05, 4.69) is 38.0 Å². The second-order valence-electron chi connectivity index (χ2n) is 4.66. The number of rotatable bonds is 7. The number of nitrogens with one attached hydrogen (secondary N) is 1. The Morgan fingerprint density at radius 3 is 2.25 bits per heavy atom. The van der Waals surface area contributed by atoms with Crippen LogP contribution in [-0.4, -0.2) is 43.2 Å². The van der Waals surface area contributed by atoms with E-state index in [4.69, 9.17) is 10.6 Å². The minimum atomic E-state index is -0.322. The van der Waals surface area contributed by atoms with Crippen LogP contribution in [0.25, 0.3) is 0 Å². The lowest BCUT2D eigenvalue weighted by atomic mass is 10.1. The summed E-state index contributed by atoms with van der Waals surface area (Å²) in [5, 5.41) is 0. The fourth-order valence-corrected chi connectivity index (χ4v) is 1.70. The Morgan fingerprint density at radius 1 is 1.38 bits per heavy atom. The first-order valence-electron chi connectivity index (χ1n) is 5.69. The Morgan fingerprint density at radius 2 is 1.94 bits per heavy atom. The number of hydrazine groups is 1. The van der Waals surface area contributed by atoms with Gasteiger partial charge in [0.2, 0.25) is 0 Å². The molecule has 3 N–H and O–H groups in total. The van der Waals surface area contributed by atoms with Crippen LogP contribution in [0.3, 0.4) is 0 Å². The van der Waals surface area contributed by atoms with Gasteiger partial charge in [-0.2, -0.15) is 0 Å². The van der Waals surface area contributed by atoms with E-state index >= 15 is 0 Å². The minimum Gasteiger partial charge on any atom is -0.383 e. The molecule has 0 aliphatic rings. The summed E-state index contributed by atoms with van der Waals surface area (Å²) < 4.78 is 5.08. The van der Waals surface area contributed by atoms with Crippen LogP contribution < -0.4 is 11.3 Å². The fourth-order valence-electron chi connectivity index (χ4n) is 1.70. The van der Waals surface area contributed by atoms with Crippen LogP contribution in [0, 0.1) is 5.92 Å². The third kappa shape index (κ3) is 4.92. The summed E-state index contributed by atoms with van der Waals surface area (Å²) in [6.45, 7) is 9.58. The van der Waals surface area contributed by atoms with E-state index in [1.807, 2.05) is 0 Å². The van der Waals surface area contributed by atoms with Crippen LogP contribution in [0.2, 0.25) is 0 Å². The van der Waals surface area contributed by atoms with Crippen LogP contribution in [0.1, 0.15) is 27.7 Å². The quantitative estimate of drug-likeness (QED) is 0.377. The Kier molecular flexibility index (Phi) is 7.29. The summed E-state index contributed by atoms with van der Waals surface area (Å²) in [7, 11) is 1.59. The van der Waals surface area contributed by atoms with Crippen molar-refractivity contribution in [2.75, 3.05) is 20.3 Å². The van der Waals surface area contributed by atoms with E-state index in [1.165, 1.54) is 0 Å². The van der Waals surface area contributed by atoms with Gasteiger partial charge in [0.15, 0.2) is 0 Å². The van der Waals surface area contributed by atoms with Gasteiger partial charge >= 0.3 is 0 Å². The second-order valence-corrected chi connectivity index (χ2v) is 4.66. The van der Waals surface area contributed by atoms with Crippen molar-refractivity contribution in [1.82, 2.24) is 10.3 Å². The smallest absolute Gasteiger partial charge is 0.253 e. The van der Waals surface area contributed by atoms with Crippen molar-refractivity contribution in [2.45, 2.75) is 39.8 Å². The molecule has 0 aromatic heterocycles. The number of nitrogens with two attached hydrogens (primary N) is 1. The Labute approximate surface area is 98.3 Å². The van der Waals surface area contributed by atoms with Crippen LogP contribution >= 0.6 is 0 Å². The monoisotopic (exact) mass is 231 g/mol. The van der Waals surface area contributed by atoms with Crippen LogP contribution in [0.5, 0.6) is 0 Å². The standard InChI is InChI=1S/C11H25N3O2/c1-8(2)6-14(9(3)4)10(7-16-5)11(15)13-12/h8-10H,6-7,12H2,1-5H3,(H,13,15). The molecule has 0 aromatic rings. The highest BCUT2D eigenvalue weighted by molar-refractivity contribution is 5.81. The molecule has 0 bridgehead atoms. The number of hydrogen-bond acceptors (Lipinski definition) is 4. The molecular weight excluding hydrogens is 206 g/mol. The number of nitrogens with zero attached hydrogens (tertiary/aromatic N) is 1. The molecule has 0 saturated heterocycles. The average molecular weight is 231 g/mol. The summed E-state index contributed by atoms with van der Waals surface area (Å²) >= 11 is 0. The van der Waals surface area contributed by atoms with Crippen molar-refractivity contribution in [1.29, 1.82) is 0 Å². The average Bonchev–Trinajstić information content (AvgIpc) is 2.21. The van der Waals surface area contributed by atoms with Crippen molar-refractivity contribution < 1.29 is 9.53 Å². The fraction of sp³-hybridized carbons (Fsp3) is 0.909. The predicted molar refractivity (Wildman–Crippen MR) is 64.7 cm³/mol. The molecule has 0 radical (unpaired) electrons. The number of amides is 1. The number of ether oxygens (including phenoxy) is 1. The molecule has 0 fully saturated rings. The summed E-state index contributed by atoms with van der Waals surface area (Å²) in [6, 6.07) is -0.0442. The largest absolute Gasteiger partial charge is 0.383 e. The van der Waals surface area contributed by atoms with E-state index in [0.29, 0.717) is 12.5 Å². The molecule has 0 heterocycles. The third-order valence-corrected chi connectivity index (χ3v) is 2.41. The molecule has 0 aliphatic heterocycles. The molecule has 0 aliphatic carbocycles. The topological polar surface area (TPSA) is 67.6 Å². The molecule has 0 saturated carbocycles. The van der Waals surface area contributed by atoms with Gasteiger partial charge in [-0.15, -0.1) is 0 Å². The van der Waals surface area contributed by atoms with Crippen molar-refractivity contribution in [3.05, 3.63) is 0 Å². The van der Waals surface area contributed by atoms with Crippen molar-refractivity contribution in [3.63, 3.8) is 0 Å². The molecule has 5 nitrogen and oxygen atoms in total. The maximum absolute atomic E-state index is 11.7. The maximum atomic E-state index is 11.7. The Bertz CT molecular complexity index is 207. The number of carbonyl (C=O) groups excluding carboxylic acids is 1. The predicted octanol–water partition coefficient (Wildman–Crippen LogP) is 0.358. The van der Waals surface area contributed by atoms with Crippen molar-refractivity contribution >= 4 is 5.91 Å². The van der Waals surface area contributed by atoms with Crippen LogP contribution in [-0.2, 0) is 9.53 Å². The molecule has 1 amide bonds. The highest BCUT2D eigenvalue weighted by Gasteiger charge is 2.27. The maximum Gasteiger partial charge on any atom is 0.253 e. The SMILES string of the molecule is COCC(C(=O)NN)N(CC(C)C)C(C)C. The lowest BCUT2D eigenvalue weighted by molar-refractivity contribution is -0.129. The molecule has 0 aromatic carbocycles. The highest BCUT2D eigenvalue weighted by atomic mass is 16.5. The van der Waals surface area contributed by atoms with Gasteiger partial charge in [0, 0.05) is 19.7 Å². The molecule has 0 spiro atoms. The highest BCUT2D eigenvalue weighted by Crippen LogP contribution is 2.10. The molecule has 5 heteroatoms. The van der Waals surface area contributed by atoms with Crippen LogP contribution in [0.15, 0.2) is 0 Å².